The van der Waals surface area contributed by atoms with Crippen molar-refractivity contribution in [3.8, 4) is 0 Å². The van der Waals surface area contributed by atoms with E-state index in [0.29, 0.717) is 18.4 Å². The Hall–Kier alpha value is -1.63. The molecule has 1 aromatic heterocycles. The molecule has 118 valence electrons. The molecule has 7 heteroatoms. The predicted octanol–water partition coefficient (Wildman–Crippen LogP) is 1.33. The van der Waals surface area contributed by atoms with Crippen molar-refractivity contribution < 1.29 is 5.11 Å². The third kappa shape index (κ3) is 4.42. The van der Waals surface area contributed by atoms with Crippen molar-refractivity contribution in [3.63, 3.8) is 0 Å². The highest BCUT2D eigenvalue weighted by molar-refractivity contribution is 5.44. The lowest BCUT2D eigenvalue weighted by atomic mass is 9.95. The van der Waals surface area contributed by atoms with Crippen LogP contribution in [0.5, 0.6) is 0 Å². The highest BCUT2D eigenvalue weighted by Gasteiger charge is 2.19. The van der Waals surface area contributed by atoms with Gasteiger partial charge in [0.05, 0.1) is 0 Å². The highest BCUT2D eigenvalue weighted by atomic mass is 16.3. The van der Waals surface area contributed by atoms with Gasteiger partial charge in [-0.1, -0.05) is 13.8 Å². The molecular weight excluding hydrogens is 268 g/mol. The van der Waals surface area contributed by atoms with Crippen molar-refractivity contribution in [1.82, 2.24) is 15.0 Å². The Kier molecular flexibility index (Phi) is 5.17. The molecule has 21 heavy (non-hydrogen) atoms. The lowest BCUT2D eigenvalue weighted by Gasteiger charge is -2.22. The molecule has 1 fully saturated rings. The minimum absolute atomic E-state index is 0.115. The summed E-state index contributed by atoms with van der Waals surface area (Å²) in [5, 5.41) is 15.7. The number of aromatic nitrogens is 3. The Morgan fingerprint density at radius 2 is 1.71 bits per heavy atom. The van der Waals surface area contributed by atoms with Crippen LogP contribution < -0.4 is 15.5 Å². The molecule has 0 aromatic carbocycles. The molecular formula is C14H26N6O. The first-order chi connectivity index (χ1) is 10.0. The standard InChI is InChI=1S/C14H26N6O/c1-4-15-11-17-12(16-9-14(2,3)10-21)19-13(18-11)20-7-5-6-8-20/h21H,4-10H2,1-3H3,(H2,15,16,17,18,19). The summed E-state index contributed by atoms with van der Waals surface area (Å²) >= 11 is 0. The van der Waals surface area contributed by atoms with E-state index in [9.17, 15) is 5.11 Å². The maximum Gasteiger partial charge on any atom is 0.231 e. The zero-order valence-corrected chi connectivity index (χ0v) is 13.2. The molecule has 1 saturated heterocycles. The summed E-state index contributed by atoms with van der Waals surface area (Å²) < 4.78 is 0. The van der Waals surface area contributed by atoms with Crippen molar-refractivity contribution in [1.29, 1.82) is 0 Å². The molecule has 0 atom stereocenters. The summed E-state index contributed by atoms with van der Waals surface area (Å²) in [6, 6.07) is 0. The van der Waals surface area contributed by atoms with Crippen LogP contribution in [0.2, 0.25) is 0 Å². The summed E-state index contributed by atoms with van der Waals surface area (Å²) in [5.41, 5.74) is -0.210. The first kappa shape index (κ1) is 15.8. The minimum Gasteiger partial charge on any atom is -0.396 e. The van der Waals surface area contributed by atoms with E-state index in [4.69, 9.17) is 0 Å². The van der Waals surface area contributed by atoms with Gasteiger partial charge in [-0.25, -0.2) is 0 Å². The van der Waals surface area contributed by atoms with Crippen LogP contribution in [0.4, 0.5) is 17.8 Å². The van der Waals surface area contributed by atoms with E-state index >= 15 is 0 Å². The summed E-state index contributed by atoms with van der Waals surface area (Å²) in [6.07, 6.45) is 2.37. The number of hydrogen-bond acceptors (Lipinski definition) is 7. The van der Waals surface area contributed by atoms with E-state index in [2.05, 4.69) is 30.5 Å². The van der Waals surface area contributed by atoms with Gasteiger partial charge in [-0.3, -0.25) is 0 Å². The molecule has 1 aliphatic heterocycles. The Balaban J connectivity index is 2.14. The molecule has 2 heterocycles. The molecule has 0 bridgehead atoms. The van der Waals surface area contributed by atoms with Gasteiger partial charge in [-0.05, 0) is 19.8 Å². The number of hydrogen-bond donors (Lipinski definition) is 3. The fourth-order valence-corrected chi connectivity index (χ4v) is 2.11. The zero-order valence-electron chi connectivity index (χ0n) is 13.2. The fraction of sp³-hybridized carbons (Fsp3) is 0.786. The van der Waals surface area contributed by atoms with Gasteiger partial charge in [0.2, 0.25) is 17.8 Å². The van der Waals surface area contributed by atoms with Gasteiger partial charge in [0.1, 0.15) is 0 Å². The van der Waals surface area contributed by atoms with Crippen molar-refractivity contribution in [3.05, 3.63) is 0 Å². The summed E-state index contributed by atoms with van der Waals surface area (Å²) in [4.78, 5) is 15.5. The van der Waals surface area contributed by atoms with Crippen molar-refractivity contribution in [2.45, 2.75) is 33.6 Å². The van der Waals surface area contributed by atoms with Gasteiger partial charge in [0.15, 0.2) is 0 Å². The van der Waals surface area contributed by atoms with Crippen LogP contribution in [0.1, 0.15) is 33.6 Å². The van der Waals surface area contributed by atoms with E-state index in [-0.39, 0.29) is 12.0 Å². The summed E-state index contributed by atoms with van der Waals surface area (Å²) in [5.74, 6) is 1.88. The zero-order chi connectivity index (χ0) is 15.3. The second-order valence-electron chi connectivity index (χ2n) is 6.18. The second-order valence-corrected chi connectivity index (χ2v) is 6.18. The van der Waals surface area contributed by atoms with Crippen LogP contribution in [-0.4, -0.2) is 52.8 Å². The molecule has 1 aliphatic rings. The number of anilines is 3. The van der Waals surface area contributed by atoms with Gasteiger partial charge in [0.25, 0.3) is 0 Å². The lowest BCUT2D eigenvalue weighted by Crippen LogP contribution is -2.28. The van der Waals surface area contributed by atoms with E-state index in [1.807, 2.05) is 20.8 Å². The van der Waals surface area contributed by atoms with Crippen molar-refractivity contribution in [2.75, 3.05) is 48.3 Å². The predicted molar refractivity (Wildman–Crippen MR) is 84.8 cm³/mol. The van der Waals surface area contributed by atoms with Crippen LogP contribution in [-0.2, 0) is 0 Å². The first-order valence-electron chi connectivity index (χ1n) is 7.64. The van der Waals surface area contributed by atoms with E-state index in [0.717, 1.165) is 25.6 Å². The first-order valence-corrected chi connectivity index (χ1v) is 7.64. The monoisotopic (exact) mass is 294 g/mol. The van der Waals surface area contributed by atoms with Crippen LogP contribution >= 0.6 is 0 Å². The van der Waals surface area contributed by atoms with Crippen LogP contribution in [0.3, 0.4) is 0 Å². The van der Waals surface area contributed by atoms with E-state index < -0.39 is 0 Å². The molecule has 7 nitrogen and oxygen atoms in total. The van der Waals surface area contributed by atoms with E-state index in [1.165, 1.54) is 12.8 Å². The molecule has 0 unspecified atom stereocenters. The number of nitrogens with zero attached hydrogens (tertiary/aromatic N) is 4. The molecule has 0 saturated carbocycles. The summed E-state index contributed by atoms with van der Waals surface area (Å²) in [7, 11) is 0. The third-order valence-corrected chi connectivity index (χ3v) is 3.50. The number of aliphatic hydroxyl groups is 1. The minimum atomic E-state index is -0.210. The lowest BCUT2D eigenvalue weighted by molar-refractivity contribution is 0.170. The highest BCUT2D eigenvalue weighted by Crippen LogP contribution is 2.20. The van der Waals surface area contributed by atoms with Gasteiger partial charge >= 0.3 is 0 Å². The number of aliphatic hydroxyl groups excluding tert-OH is 1. The Labute approximate surface area is 126 Å². The normalized spacial score (nSPS) is 15.3. The SMILES string of the molecule is CCNc1nc(NCC(C)(C)CO)nc(N2CCCC2)n1. The molecule has 0 spiro atoms. The molecule has 3 N–H and O–H groups in total. The van der Waals surface area contributed by atoms with Crippen LogP contribution in [0.15, 0.2) is 0 Å². The maximum atomic E-state index is 9.32. The molecule has 0 amide bonds. The molecule has 1 aromatic rings. The number of nitrogens with one attached hydrogen (secondary N) is 2. The Bertz CT molecular complexity index is 459. The van der Waals surface area contributed by atoms with Crippen LogP contribution in [0, 0.1) is 5.41 Å². The van der Waals surface area contributed by atoms with E-state index in [1.54, 1.807) is 0 Å². The Morgan fingerprint density at radius 1 is 1.10 bits per heavy atom. The quantitative estimate of drug-likeness (QED) is 0.699. The molecule has 2 rings (SSSR count). The molecule has 0 radical (unpaired) electrons. The average molecular weight is 294 g/mol. The average Bonchev–Trinajstić information content (AvgIpc) is 3.00. The smallest absolute Gasteiger partial charge is 0.231 e. The van der Waals surface area contributed by atoms with Gasteiger partial charge in [-0.2, -0.15) is 15.0 Å². The topological polar surface area (TPSA) is 86.2 Å². The third-order valence-electron chi connectivity index (χ3n) is 3.50. The summed E-state index contributed by atoms with van der Waals surface area (Å²) in [6.45, 7) is 9.49. The van der Waals surface area contributed by atoms with Crippen molar-refractivity contribution >= 4 is 17.8 Å². The van der Waals surface area contributed by atoms with Gasteiger partial charge in [-0.15, -0.1) is 0 Å². The number of rotatable bonds is 7. The second kappa shape index (κ2) is 6.89. The molecule has 0 aliphatic carbocycles. The Morgan fingerprint density at radius 3 is 2.29 bits per heavy atom. The fourth-order valence-electron chi connectivity index (χ4n) is 2.11. The van der Waals surface area contributed by atoms with Crippen molar-refractivity contribution in [2.24, 2.45) is 5.41 Å². The van der Waals surface area contributed by atoms with Gasteiger partial charge < -0.3 is 20.6 Å². The van der Waals surface area contributed by atoms with Gasteiger partial charge in [0, 0.05) is 38.2 Å². The largest absolute Gasteiger partial charge is 0.396 e. The maximum absolute atomic E-state index is 9.32. The van der Waals surface area contributed by atoms with Crippen LogP contribution in [0.25, 0.3) is 0 Å².